The Labute approximate surface area is 366 Å². The number of anilines is 6. The maximum absolute atomic E-state index is 2.42. The molecule has 4 nitrogen and oxygen atoms in total. The molecule has 12 rings (SSSR count). The van der Waals surface area contributed by atoms with Gasteiger partial charge in [-0.2, -0.15) is 0 Å². The Morgan fingerprint density at radius 3 is 1.32 bits per heavy atom. The van der Waals surface area contributed by atoms with Gasteiger partial charge in [-0.15, -0.1) is 0 Å². The number of benzene rings is 10. The quantitative estimate of drug-likeness (QED) is 0.152. The van der Waals surface area contributed by atoms with E-state index in [0.29, 0.717) is 0 Å². The van der Waals surface area contributed by atoms with Crippen molar-refractivity contribution in [3.63, 3.8) is 0 Å². The summed E-state index contributed by atoms with van der Waals surface area (Å²) in [5.41, 5.74) is 14.9. The van der Waals surface area contributed by atoms with Crippen LogP contribution in [-0.4, -0.2) is 9.13 Å². The van der Waals surface area contributed by atoms with E-state index in [1.165, 1.54) is 48.9 Å². The highest BCUT2D eigenvalue weighted by atomic mass is 15.2. The lowest BCUT2D eigenvalue weighted by Gasteiger charge is -2.27. The Balaban J connectivity index is 1.01. The van der Waals surface area contributed by atoms with E-state index in [9.17, 15) is 0 Å². The van der Waals surface area contributed by atoms with Crippen molar-refractivity contribution in [3.05, 3.63) is 242 Å². The number of rotatable bonds is 8. The second-order valence-corrected chi connectivity index (χ2v) is 16.3. The van der Waals surface area contributed by atoms with Crippen LogP contribution >= 0.6 is 0 Å². The molecule has 4 heteroatoms. The number of aromatic nitrogens is 2. The van der Waals surface area contributed by atoms with Gasteiger partial charge in [0.1, 0.15) is 0 Å². The summed E-state index contributed by atoms with van der Waals surface area (Å²) in [6.45, 7) is 2.14. The van der Waals surface area contributed by atoms with E-state index in [0.717, 1.165) is 56.5 Å². The Hall–Kier alpha value is -8.34. The van der Waals surface area contributed by atoms with Crippen LogP contribution in [0.4, 0.5) is 34.1 Å². The average molecular weight is 807 g/mol. The van der Waals surface area contributed by atoms with Gasteiger partial charge in [0.05, 0.1) is 27.8 Å². The minimum atomic E-state index is 1.11. The first kappa shape index (κ1) is 36.5. The van der Waals surface area contributed by atoms with Gasteiger partial charge in [0.25, 0.3) is 0 Å². The lowest BCUT2D eigenvalue weighted by atomic mass is 10.1. The van der Waals surface area contributed by atoms with Gasteiger partial charge in [0.15, 0.2) is 0 Å². The van der Waals surface area contributed by atoms with Gasteiger partial charge in [-0.3, -0.25) is 0 Å². The molecule has 10 aromatic carbocycles. The van der Waals surface area contributed by atoms with Crippen molar-refractivity contribution >= 4 is 88.5 Å². The smallest absolute Gasteiger partial charge is 0.0542 e. The fourth-order valence-corrected chi connectivity index (χ4v) is 9.65. The second-order valence-electron chi connectivity index (χ2n) is 16.3. The van der Waals surface area contributed by atoms with Crippen molar-refractivity contribution in [1.82, 2.24) is 9.13 Å². The molecular formula is C59H42N4. The van der Waals surface area contributed by atoms with Crippen molar-refractivity contribution in [2.45, 2.75) is 6.92 Å². The van der Waals surface area contributed by atoms with Gasteiger partial charge in [-0.05, 0) is 122 Å². The van der Waals surface area contributed by atoms with E-state index >= 15 is 0 Å². The second kappa shape index (κ2) is 15.0. The minimum Gasteiger partial charge on any atom is -0.310 e. The van der Waals surface area contributed by atoms with Crippen molar-refractivity contribution in [2.75, 3.05) is 9.80 Å². The van der Waals surface area contributed by atoms with Crippen molar-refractivity contribution in [2.24, 2.45) is 0 Å². The standard InChI is InChI=1S/C59H42N4/c1-41-30-32-45(33-31-41)60(43-18-4-2-5-19-43)48-34-36-58-53(39-48)51-25-10-12-27-56(51)62(58)46-22-15-23-47(38-46)63-57-28-13-11-26-52(57)54-40-49(35-37-59(54)63)61(44-20-6-3-7-21-44)55-29-14-17-42-16-8-9-24-50(42)55/h2-40H,1H3. The fourth-order valence-electron chi connectivity index (χ4n) is 9.65. The van der Waals surface area contributed by atoms with E-state index in [4.69, 9.17) is 0 Å². The molecule has 63 heavy (non-hydrogen) atoms. The van der Waals surface area contributed by atoms with Crippen LogP contribution < -0.4 is 9.80 Å². The highest BCUT2D eigenvalue weighted by Gasteiger charge is 2.21. The van der Waals surface area contributed by atoms with Crippen molar-refractivity contribution < 1.29 is 0 Å². The zero-order chi connectivity index (χ0) is 41.9. The molecular weight excluding hydrogens is 765 g/mol. The number of fused-ring (bicyclic) bond motifs is 7. The first-order valence-electron chi connectivity index (χ1n) is 21.6. The summed E-state index contributed by atoms with van der Waals surface area (Å²) in [5, 5.41) is 7.27. The van der Waals surface area contributed by atoms with Gasteiger partial charge >= 0.3 is 0 Å². The van der Waals surface area contributed by atoms with E-state index in [1.807, 2.05) is 0 Å². The zero-order valence-electron chi connectivity index (χ0n) is 34.8. The van der Waals surface area contributed by atoms with Crippen LogP contribution in [0.25, 0.3) is 65.8 Å². The van der Waals surface area contributed by atoms with E-state index in [1.54, 1.807) is 0 Å². The summed E-state index contributed by atoms with van der Waals surface area (Å²) in [7, 11) is 0. The van der Waals surface area contributed by atoms with Gasteiger partial charge in [0, 0.05) is 66.7 Å². The number of nitrogens with zero attached hydrogens (tertiary/aromatic N) is 4. The first-order chi connectivity index (χ1) is 31.2. The molecule has 0 spiro atoms. The summed E-state index contributed by atoms with van der Waals surface area (Å²) in [6.07, 6.45) is 0. The molecule has 0 saturated heterocycles. The Bertz CT molecular complexity index is 3630. The maximum Gasteiger partial charge on any atom is 0.0542 e. The monoisotopic (exact) mass is 806 g/mol. The molecule has 0 radical (unpaired) electrons. The lowest BCUT2D eigenvalue weighted by Crippen LogP contribution is -2.10. The molecule has 298 valence electrons. The average Bonchev–Trinajstić information content (AvgIpc) is 3.86. The van der Waals surface area contributed by atoms with Crippen LogP contribution in [0.15, 0.2) is 237 Å². The Kier molecular flexibility index (Phi) is 8.68. The molecule has 2 aromatic heterocycles. The summed E-state index contributed by atoms with van der Waals surface area (Å²) in [6, 6.07) is 85.8. The summed E-state index contributed by atoms with van der Waals surface area (Å²) in [4.78, 5) is 4.74. The predicted octanol–water partition coefficient (Wildman–Crippen LogP) is 16.3. The third kappa shape index (κ3) is 6.14. The summed E-state index contributed by atoms with van der Waals surface area (Å²) >= 11 is 0. The topological polar surface area (TPSA) is 16.3 Å². The summed E-state index contributed by atoms with van der Waals surface area (Å²) in [5.74, 6) is 0. The van der Waals surface area contributed by atoms with E-state index in [2.05, 4.69) is 262 Å². The number of hydrogen-bond acceptors (Lipinski definition) is 2. The fraction of sp³-hybridized carbons (Fsp3) is 0.0169. The Morgan fingerprint density at radius 1 is 0.286 bits per heavy atom. The molecule has 0 bridgehead atoms. The van der Waals surface area contributed by atoms with Crippen LogP contribution in [0.3, 0.4) is 0 Å². The third-order valence-electron chi connectivity index (χ3n) is 12.5. The summed E-state index contributed by atoms with van der Waals surface area (Å²) < 4.78 is 4.85. The van der Waals surface area contributed by atoms with Crippen LogP contribution in [0.2, 0.25) is 0 Å². The number of aryl methyl sites for hydroxylation is 1. The maximum atomic E-state index is 2.42. The molecule has 0 N–H and O–H groups in total. The first-order valence-corrected chi connectivity index (χ1v) is 21.6. The predicted molar refractivity (Wildman–Crippen MR) is 267 cm³/mol. The number of para-hydroxylation sites is 4. The molecule has 0 unspecified atom stereocenters. The van der Waals surface area contributed by atoms with Crippen molar-refractivity contribution in [1.29, 1.82) is 0 Å². The molecule has 0 atom stereocenters. The van der Waals surface area contributed by atoms with Crippen LogP contribution in [-0.2, 0) is 0 Å². The largest absolute Gasteiger partial charge is 0.310 e. The van der Waals surface area contributed by atoms with Gasteiger partial charge in [-0.1, -0.05) is 133 Å². The van der Waals surface area contributed by atoms with E-state index in [-0.39, 0.29) is 0 Å². The zero-order valence-corrected chi connectivity index (χ0v) is 34.8. The molecule has 0 aliphatic rings. The molecule has 12 aromatic rings. The Morgan fingerprint density at radius 2 is 0.714 bits per heavy atom. The van der Waals surface area contributed by atoms with Gasteiger partial charge < -0.3 is 18.9 Å². The van der Waals surface area contributed by atoms with Crippen molar-refractivity contribution in [3.8, 4) is 11.4 Å². The minimum absolute atomic E-state index is 1.11. The van der Waals surface area contributed by atoms with E-state index < -0.39 is 0 Å². The highest BCUT2D eigenvalue weighted by Crippen LogP contribution is 2.43. The van der Waals surface area contributed by atoms with Crippen LogP contribution in [0, 0.1) is 6.92 Å². The van der Waals surface area contributed by atoms with Gasteiger partial charge in [-0.25, -0.2) is 0 Å². The van der Waals surface area contributed by atoms with Gasteiger partial charge in [0.2, 0.25) is 0 Å². The third-order valence-corrected chi connectivity index (χ3v) is 12.5. The molecule has 0 aliphatic carbocycles. The number of hydrogen-bond donors (Lipinski definition) is 0. The molecule has 0 saturated carbocycles. The normalized spacial score (nSPS) is 11.6. The molecule has 0 aliphatic heterocycles. The SMILES string of the molecule is Cc1ccc(N(c2ccccc2)c2ccc3c(c2)c2ccccc2n3-c2cccc(-n3c4ccccc4c4cc(N(c5ccccc5)c5cccc6ccccc56)ccc43)c2)cc1. The van der Waals surface area contributed by atoms with Crippen LogP contribution in [0.5, 0.6) is 0 Å². The molecule has 0 fully saturated rings. The molecule has 2 heterocycles. The lowest BCUT2D eigenvalue weighted by molar-refractivity contribution is 1.13. The molecule has 0 amide bonds. The van der Waals surface area contributed by atoms with Crippen LogP contribution in [0.1, 0.15) is 5.56 Å². The highest BCUT2D eigenvalue weighted by molar-refractivity contribution is 6.12.